The summed E-state index contributed by atoms with van der Waals surface area (Å²) in [6.07, 6.45) is 62.6. The van der Waals surface area contributed by atoms with Crippen molar-refractivity contribution in [2.75, 3.05) is 47.5 Å². The summed E-state index contributed by atoms with van der Waals surface area (Å²) < 4.78 is 34.3. The SMILES string of the molecule is CC/C=C\C/C=C\C/C=C\C/C=C\C/C=C\C/C=C\C/C=C\CCCC(=O)OC(COC(=O)CCCCCCCCC/C=C\C/C=C\C/C=C\CC)COP(=O)(O)OCC[N+](C)(C)C. The van der Waals surface area contributed by atoms with Crippen molar-refractivity contribution in [2.24, 2.45) is 0 Å². The number of hydrogen-bond acceptors (Lipinski definition) is 7. The molecule has 0 aromatic heterocycles. The van der Waals surface area contributed by atoms with Crippen LogP contribution in [0.3, 0.4) is 0 Å². The Labute approximate surface area is 390 Å². The van der Waals surface area contributed by atoms with Crippen molar-refractivity contribution in [3.63, 3.8) is 0 Å². The molecule has 0 rings (SSSR count). The van der Waals surface area contributed by atoms with E-state index in [1.807, 2.05) is 27.2 Å². The number of likely N-dealkylation sites (N-methyl/N-ethyl adjacent to an activating group) is 1. The predicted octanol–water partition coefficient (Wildman–Crippen LogP) is 14.5. The molecule has 0 spiro atoms. The van der Waals surface area contributed by atoms with E-state index in [1.54, 1.807) is 0 Å². The number of phosphoric acid groups is 1. The monoisotopic (exact) mass is 911 g/mol. The number of carbonyl (C=O) groups is 2. The van der Waals surface area contributed by atoms with Crippen molar-refractivity contribution in [2.45, 2.75) is 161 Å². The Kier molecular flexibility index (Phi) is 42.1. The molecule has 1 N–H and O–H groups in total. The maximum absolute atomic E-state index is 12.7. The highest BCUT2D eigenvalue weighted by Gasteiger charge is 2.27. The molecule has 0 aliphatic rings. The highest BCUT2D eigenvalue weighted by Crippen LogP contribution is 2.43. The van der Waals surface area contributed by atoms with E-state index < -0.39 is 32.5 Å². The van der Waals surface area contributed by atoms with Crippen LogP contribution in [0.5, 0.6) is 0 Å². The molecular formula is C54H89NO8P+. The van der Waals surface area contributed by atoms with E-state index in [9.17, 15) is 19.0 Å². The highest BCUT2D eigenvalue weighted by atomic mass is 31.2. The van der Waals surface area contributed by atoms with Gasteiger partial charge in [0.2, 0.25) is 0 Å². The first-order valence-electron chi connectivity index (χ1n) is 24.3. The lowest BCUT2D eigenvalue weighted by Gasteiger charge is -2.24. The summed E-state index contributed by atoms with van der Waals surface area (Å²) in [7, 11) is 1.41. The van der Waals surface area contributed by atoms with E-state index in [4.69, 9.17) is 18.5 Å². The van der Waals surface area contributed by atoms with Crippen LogP contribution >= 0.6 is 7.82 Å². The third kappa shape index (κ3) is 47.9. The second kappa shape index (κ2) is 44.6. The van der Waals surface area contributed by atoms with E-state index in [1.165, 1.54) is 19.3 Å². The molecule has 64 heavy (non-hydrogen) atoms. The van der Waals surface area contributed by atoms with E-state index in [0.29, 0.717) is 30.3 Å². The molecule has 0 amide bonds. The maximum Gasteiger partial charge on any atom is 0.472 e. The first kappa shape index (κ1) is 60.4. The van der Waals surface area contributed by atoms with Crippen molar-refractivity contribution in [3.05, 3.63) is 122 Å². The zero-order valence-corrected chi connectivity index (χ0v) is 41.6. The first-order chi connectivity index (χ1) is 31.0. The molecule has 0 aromatic carbocycles. The number of phosphoric ester groups is 1. The zero-order chi connectivity index (χ0) is 47.1. The molecule has 9 nitrogen and oxygen atoms in total. The number of allylic oxidation sites excluding steroid dienone is 20. The maximum atomic E-state index is 12.7. The molecule has 0 aliphatic heterocycles. The molecule has 0 saturated heterocycles. The quantitative estimate of drug-likeness (QED) is 0.0212. The summed E-state index contributed by atoms with van der Waals surface area (Å²) in [5.41, 5.74) is 0. The van der Waals surface area contributed by atoms with Gasteiger partial charge in [0.15, 0.2) is 6.10 Å². The Hall–Kier alpha value is -3.59. The van der Waals surface area contributed by atoms with Crippen molar-refractivity contribution in [1.82, 2.24) is 0 Å². The van der Waals surface area contributed by atoms with Crippen LogP contribution in [0.4, 0.5) is 0 Å². The summed E-state index contributed by atoms with van der Waals surface area (Å²) in [6.45, 7) is 4.09. The number of nitrogens with zero attached hydrogens (tertiary/aromatic N) is 1. The van der Waals surface area contributed by atoms with Crippen LogP contribution in [0.1, 0.15) is 155 Å². The summed E-state index contributed by atoms with van der Waals surface area (Å²) in [6, 6.07) is 0. The standard InChI is InChI=1S/C54H88NO8P/c1-6-8-10-12-14-16-18-20-22-24-25-26-27-28-29-31-33-35-37-39-41-43-45-47-54(57)63-52(51-62-64(58,59)61-49-48-55(3,4)5)50-60-53(56)46-44-42-40-38-36-34-32-30-23-21-19-17-15-13-11-9-7-2/h8-11,14-17,20-23,25-26,28-29,33,35,39,41,52H,6-7,12-13,18-19,24,27,30-32,34,36-38,40,42-51H2,1-5H3/p+1/b10-8-,11-9-,16-14-,17-15-,22-20-,23-21-,26-25-,29-28-,35-33-,41-39-. The van der Waals surface area contributed by atoms with Crippen LogP contribution in [-0.2, 0) is 32.7 Å². The molecular weight excluding hydrogens is 822 g/mol. The van der Waals surface area contributed by atoms with Crippen molar-refractivity contribution >= 4 is 19.8 Å². The van der Waals surface area contributed by atoms with Gasteiger partial charge in [0, 0.05) is 12.8 Å². The number of hydrogen-bond donors (Lipinski definition) is 1. The van der Waals surface area contributed by atoms with Gasteiger partial charge >= 0.3 is 19.8 Å². The average molecular weight is 911 g/mol. The fourth-order valence-corrected chi connectivity index (χ4v) is 6.52. The minimum absolute atomic E-state index is 0.0114. The normalized spacial score (nSPS) is 14.5. The first-order valence-corrected chi connectivity index (χ1v) is 25.8. The van der Waals surface area contributed by atoms with Crippen LogP contribution in [-0.4, -0.2) is 74.9 Å². The smallest absolute Gasteiger partial charge is 0.462 e. The molecule has 0 bridgehead atoms. The minimum Gasteiger partial charge on any atom is -0.462 e. The number of esters is 2. The second-order valence-corrected chi connectivity index (χ2v) is 18.2. The van der Waals surface area contributed by atoms with Gasteiger partial charge in [0.05, 0.1) is 27.7 Å². The zero-order valence-electron chi connectivity index (χ0n) is 40.7. The third-order valence-corrected chi connectivity index (χ3v) is 10.5. The van der Waals surface area contributed by atoms with E-state index in [0.717, 1.165) is 89.9 Å². The molecule has 0 aliphatic carbocycles. The van der Waals surface area contributed by atoms with Crippen LogP contribution in [0.25, 0.3) is 0 Å². The molecule has 362 valence electrons. The molecule has 2 unspecified atom stereocenters. The molecule has 0 radical (unpaired) electrons. The van der Waals surface area contributed by atoms with Crippen LogP contribution in [0.2, 0.25) is 0 Å². The summed E-state index contributed by atoms with van der Waals surface area (Å²) >= 11 is 0. The van der Waals surface area contributed by atoms with E-state index in [-0.39, 0.29) is 26.1 Å². The van der Waals surface area contributed by atoms with Gasteiger partial charge in [0.25, 0.3) is 0 Å². The molecule has 10 heteroatoms. The van der Waals surface area contributed by atoms with E-state index >= 15 is 0 Å². The lowest BCUT2D eigenvalue weighted by Crippen LogP contribution is -2.37. The number of rotatable bonds is 42. The summed E-state index contributed by atoms with van der Waals surface area (Å²) in [5, 5.41) is 0. The highest BCUT2D eigenvalue weighted by molar-refractivity contribution is 7.47. The second-order valence-electron chi connectivity index (χ2n) is 16.7. The molecule has 0 heterocycles. The number of quaternary nitrogens is 1. The Bertz CT molecular complexity index is 1490. The number of unbranched alkanes of at least 4 members (excludes halogenated alkanes) is 8. The minimum atomic E-state index is -4.41. The van der Waals surface area contributed by atoms with Gasteiger partial charge in [-0.25, -0.2) is 4.57 Å². The van der Waals surface area contributed by atoms with Crippen molar-refractivity contribution in [1.29, 1.82) is 0 Å². The van der Waals surface area contributed by atoms with Gasteiger partial charge in [-0.2, -0.15) is 0 Å². The van der Waals surface area contributed by atoms with Crippen LogP contribution in [0.15, 0.2) is 122 Å². The lowest BCUT2D eigenvalue weighted by atomic mass is 10.1. The van der Waals surface area contributed by atoms with E-state index in [2.05, 4.69) is 129 Å². The Morgan fingerprint density at radius 1 is 0.484 bits per heavy atom. The third-order valence-electron chi connectivity index (χ3n) is 9.49. The van der Waals surface area contributed by atoms with Gasteiger partial charge in [0.1, 0.15) is 19.8 Å². The Morgan fingerprint density at radius 2 is 0.859 bits per heavy atom. The van der Waals surface area contributed by atoms with Crippen LogP contribution < -0.4 is 0 Å². The fourth-order valence-electron chi connectivity index (χ4n) is 5.78. The van der Waals surface area contributed by atoms with Crippen molar-refractivity contribution < 1.29 is 42.1 Å². The van der Waals surface area contributed by atoms with Gasteiger partial charge in [-0.05, 0) is 96.3 Å². The molecule has 0 aromatic rings. The van der Waals surface area contributed by atoms with Crippen LogP contribution in [0, 0.1) is 0 Å². The number of ether oxygens (including phenoxy) is 2. The van der Waals surface area contributed by atoms with Gasteiger partial charge in [-0.15, -0.1) is 0 Å². The molecule has 2 atom stereocenters. The van der Waals surface area contributed by atoms with Crippen molar-refractivity contribution in [3.8, 4) is 0 Å². The van der Waals surface area contributed by atoms with Gasteiger partial charge in [-0.3, -0.25) is 18.6 Å². The number of carbonyl (C=O) groups excluding carboxylic acids is 2. The predicted molar refractivity (Wildman–Crippen MR) is 270 cm³/mol. The molecule has 0 fully saturated rings. The summed E-state index contributed by atoms with van der Waals surface area (Å²) in [4.78, 5) is 35.5. The average Bonchev–Trinajstić information content (AvgIpc) is 3.25. The lowest BCUT2D eigenvalue weighted by molar-refractivity contribution is -0.870. The Balaban J connectivity index is 4.45. The topological polar surface area (TPSA) is 108 Å². The van der Waals surface area contributed by atoms with Gasteiger partial charge < -0.3 is 18.9 Å². The fraction of sp³-hybridized carbons (Fsp3) is 0.593. The van der Waals surface area contributed by atoms with Gasteiger partial charge in [-0.1, -0.05) is 167 Å². The Morgan fingerprint density at radius 3 is 1.30 bits per heavy atom. The summed E-state index contributed by atoms with van der Waals surface area (Å²) in [5.74, 6) is -0.892. The molecule has 0 saturated carbocycles. The largest absolute Gasteiger partial charge is 0.472 e.